The number of rotatable bonds is 0. The summed E-state index contributed by atoms with van der Waals surface area (Å²) in [5.41, 5.74) is 0.352. The Balaban J connectivity index is 0.000000561. The molecule has 1 aliphatic heterocycles. The molecule has 12 heavy (non-hydrogen) atoms. The summed E-state index contributed by atoms with van der Waals surface area (Å²) in [6, 6.07) is 0.539. The van der Waals surface area contributed by atoms with Gasteiger partial charge < -0.3 is 0 Å². The van der Waals surface area contributed by atoms with Crippen molar-refractivity contribution in [3.63, 3.8) is 0 Å². The lowest BCUT2D eigenvalue weighted by molar-refractivity contribution is 0.349. The van der Waals surface area contributed by atoms with Crippen LogP contribution in [0.3, 0.4) is 0 Å². The van der Waals surface area contributed by atoms with Crippen LogP contribution in [-0.4, -0.2) is 16.8 Å². The second kappa shape index (κ2) is 4.90. The minimum atomic E-state index is 0.352. The van der Waals surface area contributed by atoms with Gasteiger partial charge in [-0.05, 0) is 12.3 Å². The van der Waals surface area contributed by atoms with Crippen molar-refractivity contribution < 1.29 is 0 Å². The summed E-state index contributed by atoms with van der Waals surface area (Å²) in [6.07, 6.45) is 0. The maximum Gasteiger partial charge on any atom is 0.0651 e. The molecule has 0 radical (unpaired) electrons. The molecule has 0 spiro atoms. The molecule has 0 amide bonds. The van der Waals surface area contributed by atoms with E-state index in [2.05, 4.69) is 32.7 Å². The van der Waals surface area contributed by atoms with Gasteiger partial charge >= 0.3 is 0 Å². The molecule has 1 rings (SSSR count). The molecule has 0 aliphatic carbocycles. The van der Waals surface area contributed by atoms with Gasteiger partial charge in [0.25, 0.3) is 0 Å². The van der Waals surface area contributed by atoms with Crippen LogP contribution in [-0.2, 0) is 0 Å². The van der Waals surface area contributed by atoms with Gasteiger partial charge in [-0.3, -0.25) is 4.99 Å². The first-order valence-corrected chi connectivity index (χ1v) is 5.66. The number of aliphatic imine (C=N–C) groups is 1. The van der Waals surface area contributed by atoms with Crippen LogP contribution >= 0.6 is 11.8 Å². The van der Waals surface area contributed by atoms with Crippen LogP contribution in [0.5, 0.6) is 0 Å². The van der Waals surface area contributed by atoms with E-state index in [4.69, 9.17) is 0 Å². The quantitative estimate of drug-likeness (QED) is 0.564. The maximum absolute atomic E-state index is 4.54. The highest BCUT2D eigenvalue weighted by Gasteiger charge is 2.27. The minimum Gasteiger partial charge on any atom is -0.278 e. The number of thioether (sulfide) groups is 1. The second-order valence-corrected chi connectivity index (χ2v) is 5.05. The van der Waals surface area contributed by atoms with E-state index in [1.807, 2.05) is 25.6 Å². The van der Waals surface area contributed by atoms with Gasteiger partial charge in [-0.15, -0.1) is 11.8 Å². The normalized spacial score (nSPS) is 22.8. The van der Waals surface area contributed by atoms with Crippen molar-refractivity contribution in [3.8, 4) is 0 Å². The molecule has 2 heteroatoms. The van der Waals surface area contributed by atoms with Crippen molar-refractivity contribution in [3.05, 3.63) is 0 Å². The summed E-state index contributed by atoms with van der Waals surface area (Å²) < 4.78 is 0. The third-order valence-corrected chi connectivity index (χ3v) is 2.79. The van der Waals surface area contributed by atoms with Crippen molar-refractivity contribution in [1.82, 2.24) is 0 Å². The molecule has 1 unspecified atom stereocenters. The summed E-state index contributed by atoms with van der Waals surface area (Å²) in [6.45, 7) is 12.8. The minimum absolute atomic E-state index is 0.352. The predicted octanol–water partition coefficient (Wildman–Crippen LogP) is 3.59. The van der Waals surface area contributed by atoms with Crippen molar-refractivity contribution in [2.75, 3.05) is 5.75 Å². The topological polar surface area (TPSA) is 12.4 Å². The summed E-state index contributed by atoms with van der Waals surface area (Å²) in [5, 5.41) is 1.25. The van der Waals surface area contributed by atoms with E-state index in [0.29, 0.717) is 11.5 Å². The van der Waals surface area contributed by atoms with Gasteiger partial charge in [0.2, 0.25) is 0 Å². The molecule has 0 aromatic carbocycles. The Morgan fingerprint density at radius 2 is 1.83 bits per heavy atom. The molecular weight excluding hydrogens is 166 g/mol. The lowest BCUT2D eigenvalue weighted by Gasteiger charge is -2.23. The van der Waals surface area contributed by atoms with E-state index >= 15 is 0 Å². The van der Waals surface area contributed by atoms with E-state index < -0.39 is 0 Å². The van der Waals surface area contributed by atoms with E-state index in [-0.39, 0.29) is 0 Å². The Labute approximate surface area is 81.0 Å². The van der Waals surface area contributed by atoms with Crippen molar-refractivity contribution in [2.45, 2.75) is 47.6 Å². The number of hydrogen-bond donors (Lipinski definition) is 0. The first-order chi connectivity index (χ1) is 5.50. The molecule has 1 nitrogen and oxygen atoms in total. The molecule has 0 bridgehead atoms. The Hall–Kier alpha value is 0.0200. The van der Waals surface area contributed by atoms with Crippen LogP contribution in [0.1, 0.15) is 41.5 Å². The van der Waals surface area contributed by atoms with Crippen LogP contribution in [0.15, 0.2) is 4.99 Å². The van der Waals surface area contributed by atoms with Gasteiger partial charge in [0.1, 0.15) is 0 Å². The van der Waals surface area contributed by atoms with Gasteiger partial charge in [-0.25, -0.2) is 0 Å². The van der Waals surface area contributed by atoms with E-state index in [0.717, 1.165) is 0 Å². The molecule has 0 aromatic rings. The molecule has 0 saturated carbocycles. The van der Waals surface area contributed by atoms with Crippen LogP contribution in [0.2, 0.25) is 0 Å². The fraction of sp³-hybridized carbons (Fsp3) is 0.900. The molecule has 1 atom stereocenters. The Morgan fingerprint density at radius 3 is 2.00 bits per heavy atom. The standard InChI is InChI=1S/C8H15NS.C2H6/c1-6-9-7(5-10-6)8(2,3)4;1-2/h7H,5H2,1-4H3;1-2H3. The largest absolute Gasteiger partial charge is 0.278 e. The molecular formula is C10H21NS. The second-order valence-electron chi connectivity index (χ2n) is 3.84. The number of nitrogens with zero attached hydrogens (tertiary/aromatic N) is 1. The summed E-state index contributed by atoms with van der Waals surface area (Å²) >= 11 is 1.88. The van der Waals surface area contributed by atoms with Crippen LogP contribution in [0, 0.1) is 5.41 Å². The van der Waals surface area contributed by atoms with Crippen LogP contribution in [0.4, 0.5) is 0 Å². The Kier molecular flexibility index (Phi) is 4.91. The zero-order chi connectivity index (χ0) is 9.78. The predicted molar refractivity (Wildman–Crippen MR) is 60.2 cm³/mol. The Bertz CT molecular complexity index is 156. The SMILES string of the molecule is CC.CC1=NC(C(C)(C)C)CS1. The number of hydrogen-bond acceptors (Lipinski definition) is 2. The van der Waals surface area contributed by atoms with Gasteiger partial charge in [0.15, 0.2) is 0 Å². The first-order valence-electron chi connectivity index (χ1n) is 4.67. The zero-order valence-corrected chi connectivity index (χ0v) is 9.96. The van der Waals surface area contributed by atoms with Crippen molar-refractivity contribution in [2.24, 2.45) is 10.4 Å². The highest BCUT2D eigenvalue weighted by molar-refractivity contribution is 8.14. The summed E-state index contributed by atoms with van der Waals surface area (Å²) in [7, 11) is 0. The molecule has 0 saturated heterocycles. The molecule has 72 valence electrons. The van der Waals surface area contributed by atoms with Crippen LogP contribution < -0.4 is 0 Å². The van der Waals surface area contributed by atoms with Crippen LogP contribution in [0.25, 0.3) is 0 Å². The van der Waals surface area contributed by atoms with Crippen molar-refractivity contribution >= 4 is 16.8 Å². The smallest absolute Gasteiger partial charge is 0.0651 e. The molecule has 0 fully saturated rings. The fourth-order valence-electron chi connectivity index (χ4n) is 0.937. The molecule has 0 N–H and O–H groups in total. The highest BCUT2D eigenvalue weighted by atomic mass is 32.2. The first kappa shape index (κ1) is 12.0. The van der Waals surface area contributed by atoms with Gasteiger partial charge in [0, 0.05) is 5.75 Å². The van der Waals surface area contributed by atoms with E-state index in [1.54, 1.807) is 0 Å². The molecule has 1 heterocycles. The van der Waals surface area contributed by atoms with Gasteiger partial charge in [0.05, 0.1) is 11.1 Å². The molecule has 1 aliphatic rings. The lowest BCUT2D eigenvalue weighted by atomic mass is 9.88. The third kappa shape index (κ3) is 3.61. The van der Waals surface area contributed by atoms with Gasteiger partial charge in [-0.1, -0.05) is 34.6 Å². The van der Waals surface area contributed by atoms with E-state index in [9.17, 15) is 0 Å². The average Bonchev–Trinajstić information content (AvgIpc) is 2.39. The maximum atomic E-state index is 4.54. The summed E-state index contributed by atoms with van der Waals surface area (Å²) in [4.78, 5) is 4.54. The highest BCUT2D eigenvalue weighted by Crippen LogP contribution is 2.30. The Morgan fingerprint density at radius 1 is 1.33 bits per heavy atom. The van der Waals surface area contributed by atoms with E-state index in [1.165, 1.54) is 10.8 Å². The summed E-state index contributed by atoms with van der Waals surface area (Å²) in [5.74, 6) is 1.18. The zero-order valence-electron chi connectivity index (χ0n) is 9.14. The van der Waals surface area contributed by atoms with Crippen molar-refractivity contribution in [1.29, 1.82) is 0 Å². The fourth-order valence-corrected chi connectivity index (χ4v) is 2.11. The monoisotopic (exact) mass is 187 g/mol. The lowest BCUT2D eigenvalue weighted by Crippen LogP contribution is -2.24. The third-order valence-electron chi connectivity index (χ3n) is 1.79. The average molecular weight is 187 g/mol. The van der Waals surface area contributed by atoms with Gasteiger partial charge in [-0.2, -0.15) is 0 Å². The molecule has 0 aromatic heterocycles.